The van der Waals surface area contributed by atoms with Crippen LogP contribution in [0.3, 0.4) is 0 Å². The average Bonchev–Trinajstić information content (AvgIpc) is 3.28. The maximum Gasteiger partial charge on any atom is 0.244 e. The number of carbonyl (C=O) groups is 1. The first-order valence-electron chi connectivity index (χ1n) is 10.2. The van der Waals surface area contributed by atoms with Crippen LogP contribution in [0.1, 0.15) is 41.4 Å². The van der Waals surface area contributed by atoms with Crippen molar-refractivity contribution >= 4 is 5.91 Å². The van der Waals surface area contributed by atoms with Gasteiger partial charge in [-0.2, -0.15) is 10.2 Å². The van der Waals surface area contributed by atoms with Crippen molar-refractivity contribution < 1.29 is 9.53 Å². The largest absolute Gasteiger partial charge is 0.379 e. The molecule has 0 aliphatic carbocycles. The molecule has 0 spiro atoms. The van der Waals surface area contributed by atoms with Crippen LogP contribution < -0.4 is 0 Å². The average molecular weight is 387 g/mol. The van der Waals surface area contributed by atoms with Crippen molar-refractivity contribution in [2.75, 3.05) is 39.4 Å². The first kappa shape index (κ1) is 19.1. The van der Waals surface area contributed by atoms with Gasteiger partial charge in [0.1, 0.15) is 6.54 Å². The SMILES string of the molecule is Cc1cc(C)n(CC(=O)N2CCCC(c3[nH]ncc3CN3CCOCC3)C2)n1. The molecule has 2 saturated heterocycles. The molecule has 2 aromatic heterocycles. The van der Waals surface area contributed by atoms with E-state index in [2.05, 4.69) is 20.2 Å². The van der Waals surface area contributed by atoms with Crippen LogP contribution in [-0.4, -0.2) is 75.1 Å². The van der Waals surface area contributed by atoms with E-state index in [0.717, 1.165) is 70.2 Å². The van der Waals surface area contributed by atoms with Gasteiger partial charge in [0.2, 0.25) is 5.91 Å². The molecule has 28 heavy (non-hydrogen) atoms. The fraction of sp³-hybridized carbons (Fsp3) is 0.650. The lowest BCUT2D eigenvalue weighted by Crippen LogP contribution is -2.41. The number of H-pyrrole nitrogens is 1. The molecule has 1 N–H and O–H groups in total. The molecule has 152 valence electrons. The van der Waals surface area contributed by atoms with Gasteiger partial charge in [-0.15, -0.1) is 0 Å². The summed E-state index contributed by atoms with van der Waals surface area (Å²) < 4.78 is 7.26. The van der Waals surface area contributed by atoms with E-state index in [1.807, 2.05) is 31.0 Å². The number of rotatable bonds is 5. The van der Waals surface area contributed by atoms with Crippen molar-refractivity contribution in [3.8, 4) is 0 Å². The summed E-state index contributed by atoms with van der Waals surface area (Å²) in [7, 11) is 0. The predicted octanol–water partition coefficient (Wildman–Crippen LogP) is 1.46. The Morgan fingerprint density at radius 1 is 1.29 bits per heavy atom. The van der Waals surface area contributed by atoms with E-state index in [1.54, 1.807) is 4.68 Å². The van der Waals surface area contributed by atoms with Gasteiger partial charge >= 0.3 is 0 Å². The van der Waals surface area contributed by atoms with Crippen molar-refractivity contribution in [3.63, 3.8) is 0 Å². The van der Waals surface area contributed by atoms with Gasteiger partial charge < -0.3 is 9.64 Å². The first-order chi connectivity index (χ1) is 13.6. The molecule has 0 radical (unpaired) electrons. The molecule has 4 rings (SSSR count). The Labute approximate surface area is 165 Å². The maximum absolute atomic E-state index is 12.9. The summed E-state index contributed by atoms with van der Waals surface area (Å²) in [6.07, 6.45) is 4.05. The molecule has 8 nitrogen and oxygen atoms in total. The standard InChI is InChI=1S/C20H30N6O2/c1-15-10-16(2)26(23-15)14-19(27)25-5-3-4-17(13-25)20-18(11-21-22-20)12-24-6-8-28-9-7-24/h10-11,17H,3-9,12-14H2,1-2H3,(H,21,22). The van der Waals surface area contributed by atoms with Gasteiger partial charge in [0, 0.05) is 55.6 Å². The minimum atomic E-state index is 0.144. The van der Waals surface area contributed by atoms with E-state index < -0.39 is 0 Å². The van der Waals surface area contributed by atoms with Crippen molar-refractivity contribution in [3.05, 3.63) is 34.9 Å². The molecule has 1 atom stereocenters. The number of carbonyl (C=O) groups excluding carboxylic acids is 1. The Kier molecular flexibility index (Phi) is 5.77. The number of hydrogen-bond donors (Lipinski definition) is 1. The minimum Gasteiger partial charge on any atom is -0.379 e. The first-order valence-corrected chi connectivity index (χ1v) is 10.2. The number of aromatic nitrogens is 4. The molecule has 2 aromatic rings. The normalized spacial score (nSPS) is 21.2. The van der Waals surface area contributed by atoms with E-state index >= 15 is 0 Å². The van der Waals surface area contributed by atoms with E-state index in [1.165, 1.54) is 11.3 Å². The van der Waals surface area contributed by atoms with Crippen molar-refractivity contribution in [1.82, 2.24) is 29.8 Å². The Bertz CT molecular complexity index is 807. The van der Waals surface area contributed by atoms with Crippen LogP contribution in [0.5, 0.6) is 0 Å². The molecule has 2 aliphatic rings. The molecule has 0 aromatic carbocycles. The summed E-state index contributed by atoms with van der Waals surface area (Å²) in [6.45, 7) is 10.2. The molecule has 4 heterocycles. The van der Waals surface area contributed by atoms with Crippen molar-refractivity contribution in [2.45, 2.75) is 45.7 Å². The predicted molar refractivity (Wildman–Crippen MR) is 105 cm³/mol. The zero-order valence-electron chi connectivity index (χ0n) is 16.9. The number of nitrogens with zero attached hydrogens (tertiary/aromatic N) is 5. The van der Waals surface area contributed by atoms with Gasteiger partial charge in [-0.1, -0.05) is 0 Å². The third kappa shape index (κ3) is 4.28. The monoisotopic (exact) mass is 386 g/mol. The quantitative estimate of drug-likeness (QED) is 0.842. The lowest BCUT2D eigenvalue weighted by atomic mass is 9.92. The second-order valence-electron chi connectivity index (χ2n) is 7.96. The second kappa shape index (κ2) is 8.45. The highest BCUT2D eigenvalue weighted by atomic mass is 16.5. The van der Waals surface area contributed by atoms with E-state index in [-0.39, 0.29) is 5.91 Å². The third-order valence-electron chi connectivity index (χ3n) is 5.82. The molecular weight excluding hydrogens is 356 g/mol. The smallest absolute Gasteiger partial charge is 0.244 e. The van der Waals surface area contributed by atoms with Crippen molar-refractivity contribution in [1.29, 1.82) is 0 Å². The third-order valence-corrected chi connectivity index (χ3v) is 5.82. The lowest BCUT2D eigenvalue weighted by Gasteiger charge is -2.33. The topological polar surface area (TPSA) is 79.3 Å². The molecule has 8 heteroatoms. The number of aryl methyl sites for hydroxylation is 2. The zero-order chi connectivity index (χ0) is 19.5. The van der Waals surface area contributed by atoms with Crippen LogP contribution in [-0.2, 0) is 22.6 Å². The van der Waals surface area contributed by atoms with Crippen LogP contribution in [0.25, 0.3) is 0 Å². The van der Waals surface area contributed by atoms with Crippen LogP contribution in [0, 0.1) is 13.8 Å². The van der Waals surface area contributed by atoms with Crippen LogP contribution >= 0.6 is 0 Å². The van der Waals surface area contributed by atoms with Crippen LogP contribution in [0.2, 0.25) is 0 Å². The van der Waals surface area contributed by atoms with Gasteiger partial charge in [0.15, 0.2) is 0 Å². The second-order valence-corrected chi connectivity index (χ2v) is 7.96. The fourth-order valence-corrected chi connectivity index (χ4v) is 4.30. The number of amides is 1. The summed E-state index contributed by atoms with van der Waals surface area (Å²) in [5.74, 6) is 0.460. The van der Waals surface area contributed by atoms with Gasteiger partial charge in [-0.3, -0.25) is 19.5 Å². The molecule has 2 fully saturated rings. The molecule has 1 amide bonds. The van der Waals surface area contributed by atoms with Crippen molar-refractivity contribution in [2.24, 2.45) is 0 Å². The fourth-order valence-electron chi connectivity index (χ4n) is 4.30. The van der Waals surface area contributed by atoms with E-state index in [4.69, 9.17) is 4.74 Å². The molecule has 0 bridgehead atoms. The Morgan fingerprint density at radius 2 is 2.11 bits per heavy atom. The number of morpholine rings is 1. The van der Waals surface area contributed by atoms with Crippen LogP contribution in [0.4, 0.5) is 0 Å². The maximum atomic E-state index is 12.9. The summed E-state index contributed by atoms with van der Waals surface area (Å²) >= 11 is 0. The number of ether oxygens (including phenoxy) is 1. The Balaban J connectivity index is 1.40. The summed E-state index contributed by atoms with van der Waals surface area (Å²) in [6, 6.07) is 2.01. The number of aromatic amines is 1. The zero-order valence-corrected chi connectivity index (χ0v) is 16.9. The van der Waals surface area contributed by atoms with Crippen LogP contribution in [0.15, 0.2) is 12.3 Å². The van der Waals surface area contributed by atoms with Gasteiger partial charge in [0.05, 0.1) is 25.1 Å². The summed E-state index contributed by atoms with van der Waals surface area (Å²) in [5.41, 5.74) is 4.42. The van der Waals surface area contributed by atoms with E-state index in [0.29, 0.717) is 12.5 Å². The Morgan fingerprint density at radius 3 is 2.86 bits per heavy atom. The highest BCUT2D eigenvalue weighted by Gasteiger charge is 2.28. The van der Waals surface area contributed by atoms with Gasteiger partial charge in [-0.05, 0) is 32.8 Å². The molecular formula is C20H30N6O2. The number of piperidine rings is 1. The Hall–Kier alpha value is -2.19. The lowest BCUT2D eigenvalue weighted by molar-refractivity contribution is -0.133. The van der Waals surface area contributed by atoms with Gasteiger partial charge in [0.25, 0.3) is 0 Å². The number of likely N-dealkylation sites (tertiary alicyclic amines) is 1. The highest BCUT2D eigenvalue weighted by Crippen LogP contribution is 2.28. The molecule has 2 aliphatic heterocycles. The van der Waals surface area contributed by atoms with Gasteiger partial charge in [-0.25, -0.2) is 0 Å². The minimum absolute atomic E-state index is 0.144. The molecule has 1 unspecified atom stereocenters. The number of nitrogens with one attached hydrogen (secondary N) is 1. The molecule has 0 saturated carbocycles. The number of hydrogen-bond acceptors (Lipinski definition) is 5. The highest BCUT2D eigenvalue weighted by molar-refractivity contribution is 5.76. The summed E-state index contributed by atoms with van der Waals surface area (Å²) in [4.78, 5) is 17.3. The summed E-state index contributed by atoms with van der Waals surface area (Å²) in [5, 5.41) is 12.0. The van der Waals surface area contributed by atoms with E-state index in [9.17, 15) is 4.79 Å².